The first-order chi connectivity index (χ1) is 28.3. The number of unbranched alkanes of at least 4 members (excludes halogenated alkanes) is 29. The van der Waals surface area contributed by atoms with Crippen LogP contribution in [0.2, 0.25) is 0 Å². The highest BCUT2D eigenvalue weighted by molar-refractivity contribution is 5.71. The van der Waals surface area contributed by atoms with Crippen LogP contribution in [0.1, 0.15) is 285 Å². The smallest absolute Gasteiger partial charge is 0.306 e. The van der Waals surface area contributed by atoms with Crippen molar-refractivity contribution in [1.29, 1.82) is 0 Å². The maximum atomic E-state index is 12.8. The van der Waals surface area contributed by atoms with Crippen molar-refractivity contribution in [2.75, 3.05) is 13.2 Å². The molecule has 0 aliphatic rings. The van der Waals surface area contributed by atoms with E-state index >= 15 is 0 Å². The number of rotatable bonds is 46. The third kappa shape index (κ3) is 42.5. The largest absolute Gasteiger partial charge is 0.462 e. The molecule has 6 heteroatoms. The first-order valence-corrected chi connectivity index (χ1v) is 25.8. The van der Waals surface area contributed by atoms with E-state index in [0.29, 0.717) is 19.3 Å². The lowest BCUT2D eigenvalue weighted by atomic mass is 9.99. The molecule has 0 aliphatic carbocycles. The lowest BCUT2D eigenvalue weighted by molar-refractivity contribution is -0.167. The minimum Gasteiger partial charge on any atom is -0.462 e. The Morgan fingerprint density at radius 3 is 0.897 bits per heavy atom. The molecule has 0 radical (unpaired) electrons. The van der Waals surface area contributed by atoms with Crippen LogP contribution in [-0.4, -0.2) is 37.2 Å². The lowest BCUT2D eigenvalue weighted by Crippen LogP contribution is -2.30. The van der Waals surface area contributed by atoms with Crippen molar-refractivity contribution >= 4 is 17.9 Å². The first kappa shape index (κ1) is 56.4. The van der Waals surface area contributed by atoms with Gasteiger partial charge in [-0.1, -0.05) is 247 Å². The van der Waals surface area contributed by atoms with Gasteiger partial charge >= 0.3 is 17.9 Å². The van der Waals surface area contributed by atoms with Gasteiger partial charge in [0.2, 0.25) is 0 Å². The van der Waals surface area contributed by atoms with Gasteiger partial charge in [0.25, 0.3) is 0 Å². The molecule has 0 aromatic heterocycles. The van der Waals surface area contributed by atoms with E-state index < -0.39 is 6.10 Å². The number of carbonyl (C=O) groups is 3. The monoisotopic (exact) mass is 821 g/mol. The summed E-state index contributed by atoms with van der Waals surface area (Å²) in [6.45, 7) is 11.4. The van der Waals surface area contributed by atoms with Crippen LogP contribution in [0.25, 0.3) is 0 Å². The maximum absolute atomic E-state index is 12.8. The second-order valence-corrected chi connectivity index (χ2v) is 18.3. The van der Waals surface area contributed by atoms with Crippen LogP contribution in [0.5, 0.6) is 0 Å². The topological polar surface area (TPSA) is 78.9 Å². The zero-order valence-corrected chi connectivity index (χ0v) is 39.7. The molecule has 58 heavy (non-hydrogen) atoms. The molecular weight excluding hydrogens is 721 g/mol. The van der Waals surface area contributed by atoms with Gasteiger partial charge < -0.3 is 14.2 Å². The summed E-state index contributed by atoms with van der Waals surface area (Å²) in [5.74, 6) is 0.888. The van der Waals surface area contributed by atoms with Crippen LogP contribution < -0.4 is 0 Å². The molecule has 0 rings (SSSR count). The quantitative estimate of drug-likeness (QED) is 0.0346. The normalized spacial score (nSPS) is 13.0. The van der Waals surface area contributed by atoms with Gasteiger partial charge in [-0.3, -0.25) is 14.4 Å². The fourth-order valence-corrected chi connectivity index (χ4v) is 7.75. The van der Waals surface area contributed by atoms with Crippen LogP contribution >= 0.6 is 0 Å². The van der Waals surface area contributed by atoms with E-state index in [9.17, 15) is 14.4 Å². The van der Waals surface area contributed by atoms with Crippen LogP contribution in [0.15, 0.2) is 0 Å². The van der Waals surface area contributed by atoms with Crippen molar-refractivity contribution < 1.29 is 28.6 Å². The Hall–Kier alpha value is -1.59. The van der Waals surface area contributed by atoms with E-state index in [1.165, 1.54) is 173 Å². The average Bonchev–Trinajstić information content (AvgIpc) is 3.22. The van der Waals surface area contributed by atoms with Gasteiger partial charge in [0.05, 0.1) is 0 Å². The summed E-state index contributed by atoms with van der Waals surface area (Å²) in [6.07, 6.45) is 45.0. The molecule has 344 valence electrons. The van der Waals surface area contributed by atoms with Crippen molar-refractivity contribution in [2.24, 2.45) is 11.8 Å². The average molecular weight is 821 g/mol. The molecule has 0 aromatic carbocycles. The Morgan fingerprint density at radius 1 is 0.345 bits per heavy atom. The molecule has 0 fully saturated rings. The number of hydrogen-bond donors (Lipinski definition) is 0. The second kappa shape index (κ2) is 44.9. The van der Waals surface area contributed by atoms with E-state index in [1.807, 2.05) is 0 Å². The van der Waals surface area contributed by atoms with Crippen LogP contribution in [-0.2, 0) is 28.6 Å². The zero-order valence-electron chi connectivity index (χ0n) is 39.7. The van der Waals surface area contributed by atoms with Gasteiger partial charge in [-0.15, -0.1) is 0 Å². The molecule has 0 spiro atoms. The molecule has 0 amide bonds. The molecule has 0 aliphatic heterocycles. The number of esters is 3. The van der Waals surface area contributed by atoms with Crippen LogP contribution in [0.4, 0.5) is 0 Å². The molecule has 3 atom stereocenters. The minimum atomic E-state index is -0.761. The molecule has 0 heterocycles. The van der Waals surface area contributed by atoms with E-state index in [1.54, 1.807) is 0 Å². The Morgan fingerprint density at radius 2 is 0.603 bits per heavy atom. The number of ether oxygens (including phenoxy) is 3. The summed E-state index contributed by atoms with van der Waals surface area (Å²) in [5, 5.41) is 0. The van der Waals surface area contributed by atoms with Crippen molar-refractivity contribution in [3.05, 3.63) is 0 Å². The number of hydrogen-bond acceptors (Lipinski definition) is 6. The summed E-state index contributed by atoms with van der Waals surface area (Å²) in [5.41, 5.74) is 0. The van der Waals surface area contributed by atoms with Gasteiger partial charge in [0.1, 0.15) is 13.2 Å². The van der Waals surface area contributed by atoms with Crippen molar-refractivity contribution in [3.8, 4) is 0 Å². The third-order valence-corrected chi connectivity index (χ3v) is 12.4. The Kier molecular flexibility index (Phi) is 43.7. The summed E-state index contributed by atoms with van der Waals surface area (Å²) in [7, 11) is 0. The van der Waals surface area contributed by atoms with E-state index in [-0.39, 0.29) is 31.1 Å². The van der Waals surface area contributed by atoms with Gasteiger partial charge in [0.15, 0.2) is 6.10 Å². The summed E-state index contributed by atoms with van der Waals surface area (Å²) in [6, 6.07) is 0. The fourth-order valence-electron chi connectivity index (χ4n) is 7.75. The predicted octanol–water partition coefficient (Wildman–Crippen LogP) is 16.5. The van der Waals surface area contributed by atoms with Crippen molar-refractivity contribution in [3.63, 3.8) is 0 Å². The van der Waals surface area contributed by atoms with Crippen LogP contribution in [0.3, 0.4) is 0 Å². The highest BCUT2D eigenvalue weighted by Crippen LogP contribution is 2.18. The lowest BCUT2D eigenvalue weighted by Gasteiger charge is -2.18. The molecule has 2 unspecified atom stereocenters. The molecule has 0 bridgehead atoms. The van der Waals surface area contributed by atoms with E-state index in [4.69, 9.17) is 14.2 Å². The maximum Gasteiger partial charge on any atom is 0.306 e. The standard InChI is InChI=1S/C52H100O6/c1-6-9-10-11-12-13-14-15-22-27-32-37-42-50(53)56-45-49(58-52(55)44-39-34-29-24-19-17-21-26-31-36-41-48(5)8-3)46-57-51(54)43-38-33-28-23-18-16-20-25-30-35-40-47(4)7-2/h47-49H,6-46H2,1-5H3/t47?,48?,49-/m0/s1. The van der Waals surface area contributed by atoms with Gasteiger partial charge in [0, 0.05) is 19.3 Å². The summed E-state index contributed by atoms with van der Waals surface area (Å²) >= 11 is 0. The van der Waals surface area contributed by atoms with Crippen LogP contribution in [0, 0.1) is 11.8 Å². The molecule has 0 saturated carbocycles. The fraction of sp³-hybridized carbons (Fsp3) is 0.942. The molecule has 0 N–H and O–H groups in total. The first-order valence-electron chi connectivity index (χ1n) is 25.8. The van der Waals surface area contributed by atoms with Gasteiger partial charge in [-0.05, 0) is 31.1 Å². The SMILES string of the molecule is CCCCCCCCCCCCCCC(=O)OC[C@@H](COC(=O)CCCCCCCCCCCCC(C)CC)OC(=O)CCCCCCCCCCCCC(C)CC. The predicted molar refractivity (Wildman–Crippen MR) is 247 cm³/mol. The van der Waals surface area contributed by atoms with E-state index in [0.717, 1.165) is 69.6 Å². The summed E-state index contributed by atoms with van der Waals surface area (Å²) in [4.78, 5) is 37.9. The minimum absolute atomic E-state index is 0.0639. The zero-order chi connectivity index (χ0) is 42.6. The Balaban J connectivity index is 4.34. The highest BCUT2D eigenvalue weighted by atomic mass is 16.6. The highest BCUT2D eigenvalue weighted by Gasteiger charge is 2.19. The Bertz CT molecular complexity index is 889. The van der Waals surface area contributed by atoms with Gasteiger partial charge in [-0.2, -0.15) is 0 Å². The van der Waals surface area contributed by atoms with Gasteiger partial charge in [-0.25, -0.2) is 0 Å². The number of carbonyl (C=O) groups excluding carboxylic acids is 3. The Labute approximate surface area is 361 Å². The molecular formula is C52H100O6. The van der Waals surface area contributed by atoms with E-state index in [2.05, 4.69) is 34.6 Å². The third-order valence-electron chi connectivity index (χ3n) is 12.4. The summed E-state index contributed by atoms with van der Waals surface area (Å²) < 4.78 is 16.8. The van der Waals surface area contributed by atoms with Crippen molar-refractivity contribution in [1.82, 2.24) is 0 Å². The molecule has 0 saturated heterocycles. The molecule has 0 aromatic rings. The second-order valence-electron chi connectivity index (χ2n) is 18.3. The van der Waals surface area contributed by atoms with Crippen molar-refractivity contribution in [2.45, 2.75) is 291 Å². The molecule has 6 nitrogen and oxygen atoms in total.